The molecular weight excluding hydrogens is 291 g/mol. The second-order valence-electron chi connectivity index (χ2n) is 4.77. The van der Waals surface area contributed by atoms with Crippen LogP contribution in [0.5, 0.6) is 0 Å². The molecule has 1 aliphatic heterocycles. The number of piperidine rings is 1. The van der Waals surface area contributed by atoms with E-state index in [9.17, 15) is 12.8 Å². The van der Waals surface area contributed by atoms with E-state index in [1.165, 1.54) is 12.1 Å². The number of halogens is 2. The molecule has 2 unspecified atom stereocenters. The van der Waals surface area contributed by atoms with Gasteiger partial charge in [0.1, 0.15) is 10.7 Å². The van der Waals surface area contributed by atoms with Crippen molar-refractivity contribution in [2.24, 2.45) is 5.92 Å². The van der Waals surface area contributed by atoms with Crippen LogP contribution in [0.25, 0.3) is 0 Å². The van der Waals surface area contributed by atoms with Crippen molar-refractivity contribution in [1.29, 1.82) is 0 Å². The number of hydrogen-bond donors (Lipinski definition) is 2. The van der Waals surface area contributed by atoms with E-state index in [0.717, 1.165) is 19.0 Å². The van der Waals surface area contributed by atoms with E-state index in [2.05, 4.69) is 10.0 Å². The van der Waals surface area contributed by atoms with Crippen LogP contribution in [0.1, 0.15) is 13.3 Å². The van der Waals surface area contributed by atoms with Gasteiger partial charge in [0.05, 0.1) is 0 Å². The van der Waals surface area contributed by atoms with Gasteiger partial charge in [-0.1, -0.05) is 18.5 Å². The third kappa shape index (κ3) is 3.45. The predicted octanol–water partition coefficient (Wildman–Crippen LogP) is 1.76. The van der Waals surface area contributed by atoms with Gasteiger partial charge >= 0.3 is 0 Å². The van der Waals surface area contributed by atoms with E-state index >= 15 is 0 Å². The minimum atomic E-state index is -3.86. The average Bonchev–Trinajstić information content (AvgIpc) is 2.31. The van der Waals surface area contributed by atoms with E-state index in [4.69, 9.17) is 11.6 Å². The standard InChI is InChI=1S/C12H16ClFN2O2S/c1-8-4-5-15-7-11(8)16-19(17,18)12-3-2-9(13)6-10(12)14/h2-3,6,8,11,15-16H,4-5,7H2,1H3. The van der Waals surface area contributed by atoms with Gasteiger partial charge in [-0.2, -0.15) is 0 Å². The summed E-state index contributed by atoms with van der Waals surface area (Å²) in [6.45, 7) is 3.40. The van der Waals surface area contributed by atoms with Crippen molar-refractivity contribution >= 4 is 21.6 Å². The fraction of sp³-hybridized carbons (Fsp3) is 0.500. The smallest absolute Gasteiger partial charge is 0.243 e. The Kier molecular flexibility index (Phi) is 4.45. The molecule has 1 aliphatic rings. The summed E-state index contributed by atoms with van der Waals surface area (Å²) in [5.74, 6) is -0.622. The molecule has 19 heavy (non-hydrogen) atoms. The normalized spacial score (nSPS) is 24.4. The molecule has 106 valence electrons. The Bertz CT molecular complexity index is 565. The summed E-state index contributed by atoms with van der Waals surface area (Å²) in [6, 6.07) is 3.32. The molecule has 0 aliphatic carbocycles. The van der Waals surface area contributed by atoms with Crippen LogP contribution in [0.4, 0.5) is 4.39 Å². The van der Waals surface area contributed by atoms with Crippen molar-refractivity contribution in [2.45, 2.75) is 24.3 Å². The Morgan fingerprint density at radius 1 is 1.47 bits per heavy atom. The van der Waals surface area contributed by atoms with Crippen LogP contribution in [-0.4, -0.2) is 27.5 Å². The van der Waals surface area contributed by atoms with Crippen LogP contribution >= 0.6 is 11.6 Å². The fourth-order valence-electron chi connectivity index (χ4n) is 2.10. The molecule has 0 bridgehead atoms. The molecule has 2 atom stereocenters. The van der Waals surface area contributed by atoms with E-state index < -0.39 is 15.8 Å². The highest BCUT2D eigenvalue weighted by Gasteiger charge is 2.28. The monoisotopic (exact) mass is 306 g/mol. The predicted molar refractivity (Wildman–Crippen MR) is 72.2 cm³/mol. The zero-order valence-electron chi connectivity index (χ0n) is 10.5. The highest BCUT2D eigenvalue weighted by atomic mass is 35.5. The van der Waals surface area contributed by atoms with E-state index in [1.54, 1.807) is 0 Å². The summed E-state index contributed by atoms with van der Waals surface area (Å²) in [7, 11) is -3.86. The average molecular weight is 307 g/mol. The lowest BCUT2D eigenvalue weighted by molar-refractivity contribution is 0.327. The van der Waals surface area contributed by atoms with E-state index in [0.29, 0.717) is 6.54 Å². The number of rotatable bonds is 3. The topological polar surface area (TPSA) is 58.2 Å². The molecule has 1 aromatic rings. The number of benzene rings is 1. The summed E-state index contributed by atoms with van der Waals surface area (Å²) in [6.07, 6.45) is 0.885. The molecule has 0 saturated carbocycles. The second kappa shape index (κ2) is 5.75. The van der Waals surface area contributed by atoms with Gasteiger partial charge in [-0.3, -0.25) is 0 Å². The van der Waals surface area contributed by atoms with Crippen molar-refractivity contribution in [3.05, 3.63) is 29.0 Å². The molecular formula is C12H16ClFN2O2S. The Morgan fingerprint density at radius 2 is 2.21 bits per heavy atom. The molecule has 0 spiro atoms. The van der Waals surface area contributed by atoms with Crippen molar-refractivity contribution in [2.75, 3.05) is 13.1 Å². The van der Waals surface area contributed by atoms with Crippen molar-refractivity contribution in [3.8, 4) is 0 Å². The fourth-order valence-corrected chi connectivity index (χ4v) is 3.67. The van der Waals surface area contributed by atoms with Gasteiger partial charge in [0.2, 0.25) is 10.0 Å². The first kappa shape index (κ1) is 14.7. The summed E-state index contributed by atoms with van der Waals surface area (Å²) >= 11 is 5.62. The Hall–Kier alpha value is -0.690. The molecule has 1 saturated heterocycles. The Balaban J connectivity index is 2.22. The van der Waals surface area contributed by atoms with Gasteiger partial charge in [0.15, 0.2) is 0 Å². The van der Waals surface area contributed by atoms with E-state index in [1.807, 2.05) is 6.92 Å². The minimum Gasteiger partial charge on any atom is -0.315 e. The van der Waals surface area contributed by atoms with E-state index in [-0.39, 0.29) is 21.9 Å². The summed E-state index contributed by atoms with van der Waals surface area (Å²) < 4.78 is 40.5. The molecule has 2 rings (SSSR count). The molecule has 1 fully saturated rings. The molecule has 2 N–H and O–H groups in total. The van der Waals surface area contributed by atoms with Gasteiger partial charge < -0.3 is 5.32 Å². The highest BCUT2D eigenvalue weighted by Crippen LogP contribution is 2.20. The quantitative estimate of drug-likeness (QED) is 0.894. The largest absolute Gasteiger partial charge is 0.315 e. The summed E-state index contributed by atoms with van der Waals surface area (Å²) in [5.41, 5.74) is 0. The molecule has 0 radical (unpaired) electrons. The van der Waals surface area contributed by atoms with Gasteiger partial charge in [-0.05, 0) is 37.1 Å². The Morgan fingerprint density at radius 3 is 2.84 bits per heavy atom. The second-order valence-corrected chi connectivity index (χ2v) is 6.89. The molecule has 0 aromatic heterocycles. The van der Waals surface area contributed by atoms with Crippen molar-refractivity contribution < 1.29 is 12.8 Å². The van der Waals surface area contributed by atoms with Gasteiger partial charge in [-0.25, -0.2) is 17.5 Å². The van der Waals surface area contributed by atoms with Crippen LogP contribution in [0.15, 0.2) is 23.1 Å². The first-order chi connectivity index (χ1) is 8.90. The number of hydrogen-bond acceptors (Lipinski definition) is 3. The lowest BCUT2D eigenvalue weighted by atomic mass is 9.96. The third-order valence-corrected chi connectivity index (χ3v) is 5.08. The zero-order chi connectivity index (χ0) is 14.0. The first-order valence-electron chi connectivity index (χ1n) is 6.08. The lowest BCUT2D eigenvalue weighted by Crippen LogP contribution is -2.50. The first-order valence-corrected chi connectivity index (χ1v) is 7.94. The van der Waals surface area contributed by atoms with Crippen LogP contribution in [-0.2, 0) is 10.0 Å². The van der Waals surface area contributed by atoms with Gasteiger partial charge in [-0.15, -0.1) is 0 Å². The molecule has 1 heterocycles. The molecule has 1 aromatic carbocycles. The van der Waals surface area contributed by atoms with Crippen LogP contribution in [0, 0.1) is 11.7 Å². The SMILES string of the molecule is CC1CCNCC1NS(=O)(=O)c1ccc(Cl)cc1F. The van der Waals surface area contributed by atoms with Crippen molar-refractivity contribution in [3.63, 3.8) is 0 Å². The minimum absolute atomic E-state index is 0.171. The van der Waals surface area contributed by atoms with Crippen LogP contribution in [0.2, 0.25) is 5.02 Å². The highest BCUT2D eigenvalue weighted by molar-refractivity contribution is 7.89. The lowest BCUT2D eigenvalue weighted by Gasteiger charge is -2.30. The summed E-state index contributed by atoms with van der Waals surface area (Å²) in [4.78, 5) is -0.366. The van der Waals surface area contributed by atoms with Crippen molar-refractivity contribution in [1.82, 2.24) is 10.0 Å². The van der Waals surface area contributed by atoms with Crippen LogP contribution in [0.3, 0.4) is 0 Å². The third-order valence-electron chi connectivity index (χ3n) is 3.32. The molecule has 7 heteroatoms. The van der Waals surface area contributed by atoms with Gasteiger partial charge in [0, 0.05) is 17.6 Å². The maximum Gasteiger partial charge on any atom is 0.243 e. The Labute approximate surface area is 117 Å². The summed E-state index contributed by atoms with van der Waals surface area (Å²) in [5, 5.41) is 3.29. The maximum atomic E-state index is 13.7. The number of sulfonamides is 1. The zero-order valence-corrected chi connectivity index (χ0v) is 12.1. The molecule has 0 amide bonds. The molecule has 4 nitrogen and oxygen atoms in total. The maximum absolute atomic E-state index is 13.7. The van der Waals surface area contributed by atoms with Gasteiger partial charge in [0.25, 0.3) is 0 Å². The van der Waals surface area contributed by atoms with Crippen LogP contribution < -0.4 is 10.0 Å². The number of nitrogens with one attached hydrogen (secondary N) is 2.